The molecule has 18 heavy (non-hydrogen) atoms. The molecule has 0 N–H and O–H groups in total. The number of hydrogen-bond acceptors (Lipinski definition) is 4. The van der Waals surface area contributed by atoms with Gasteiger partial charge in [-0.1, -0.05) is 15.9 Å². The number of thiazole rings is 1. The van der Waals surface area contributed by atoms with E-state index in [4.69, 9.17) is 0 Å². The van der Waals surface area contributed by atoms with Crippen LogP contribution in [0.3, 0.4) is 0 Å². The Morgan fingerprint density at radius 2 is 2.17 bits per heavy atom. The predicted octanol–water partition coefficient (Wildman–Crippen LogP) is 2.64. The van der Waals surface area contributed by atoms with E-state index in [1.165, 1.54) is 16.2 Å². The van der Waals surface area contributed by atoms with E-state index in [0.29, 0.717) is 17.8 Å². The van der Waals surface area contributed by atoms with Crippen molar-refractivity contribution in [2.24, 2.45) is 0 Å². The van der Waals surface area contributed by atoms with Crippen molar-refractivity contribution in [3.05, 3.63) is 44.8 Å². The van der Waals surface area contributed by atoms with Gasteiger partial charge in [0.1, 0.15) is 0 Å². The van der Waals surface area contributed by atoms with Crippen LogP contribution in [0, 0.1) is 0 Å². The number of hydrogen-bond donors (Lipinski definition) is 0. The zero-order valence-electron chi connectivity index (χ0n) is 9.09. The van der Waals surface area contributed by atoms with Gasteiger partial charge in [-0.2, -0.15) is 0 Å². The second-order valence-electron chi connectivity index (χ2n) is 3.85. The number of carbonyl (C=O) groups is 2. The summed E-state index contributed by atoms with van der Waals surface area (Å²) in [5.41, 5.74) is 2.83. The van der Waals surface area contributed by atoms with Gasteiger partial charge in [0, 0.05) is 15.5 Å². The largest absolute Gasteiger partial charge is 0.299 e. The molecule has 4 nitrogen and oxygen atoms in total. The Balaban J connectivity index is 2.03. The second kappa shape index (κ2) is 4.29. The fourth-order valence-corrected chi connectivity index (χ4v) is 2.83. The summed E-state index contributed by atoms with van der Waals surface area (Å²) >= 11 is 4.82. The molecule has 1 amide bonds. The van der Waals surface area contributed by atoms with E-state index < -0.39 is 11.7 Å². The van der Waals surface area contributed by atoms with E-state index in [1.807, 2.05) is 0 Å². The van der Waals surface area contributed by atoms with E-state index in [2.05, 4.69) is 20.9 Å². The Labute approximate surface area is 115 Å². The zero-order chi connectivity index (χ0) is 12.7. The summed E-state index contributed by atoms with van der Waals surface area (Å²) in [5.74, 6) is -0.918. The fourth-order valence-electron chi connectivity index (χ4n) is 1.90. The topological polar surface area (TPSA) is 50.3 Å². The fraction of sp³-hybridized carbons (Fsp3) is 0.0833. The van der Waals surface area contributed by atoms with E-state index in [1.54, 1.807) is 29.9 Å². The number of aromatic nitrogens is 1. The van der Waals surface area contributed by atoms with Crippen molar-refractivity contribution in [1.29, 1.82) is 0 Å². The van der Waals surface area contributed by atoms with Gasteiger partial charge in [0.05, 0.1) is 23.3 Å². The SMILES string of the molecule is O=C1C(=O)N(Cc2cncs2)c2cc(Br)ccc21. The molecule has 0 radical (unpaired) electrons. The smallest absolute Gasteiger partial charge is 0.299 e. The third-order valence-electron chi connectivity index (χ3n) is 2.73. The molecule has 1 aliphatic rings. The minimum Gasteiger partial charge on any atom is -0.299 e. The van der Waals surface area contributed by atoms with Gasteiger partial charge in [0.2, 0.25) is 0 Å². The van der Waals surface area contributed by atoms with E-state index >= 15 is 0 Å². The lowest BCUT2D eigenvalue weighted by Gasteiger charge is -2.15. The zero-order valence-corrected chi connectivity index (χ0v) is 11.5. The van der Waals surface area contributed by atoms with Gasteiger partial charge in [0.15, 0.2) is 0 Å². The summed E-state index contributed by atoms with van der Waals surface area (Å²) in [6, 6.07) is 5.23. The summed E-state index contributed by atoms with van der Waals surface area (Å²) in [7, 11) is 0. The molecule has 3 rings (SSSR count). The van der Waals surface area contributed by atoms with Gasteiger partial charge in [-0.3, -0.25) is 19.5 Å². The molecular weight excluding hydrogens is 316 g/mol. The molecule has 1 aromatic heterocycles. The first-order chi connectivity index (χ1) is 8.66. The number of fused-ring (bicyclic) bond motifs is 1. The summed E-state index contributed by atoms with van der Waals surface area (Å²) in [6.45, 7) is 0.388. The van der Waals surface area contributed by atoms with Crippen LogP contribution >= 0.6 is 27.3 Å². The van der Waals surface area contributed by atoms with Gasteiger partial charge in [0.25, 0.3) is 11.7 Å². The molecule has 0 fully saturated rings. The highest BCUT2D eigenvalue weighted by Gasteiger charge is 2.35. The van der Waals surface area contributed by atoms with Crippen LogP contribution < -0.4 is 4.90 Å². The van der Waals surface area contributed by atoms with Crippen LogP contribution in [0.15, 0.2) is 34.4 Å². The summed E-state index contributed by atoms with van der Waals surface area (Å²) in [5, 5.41) is 0. The molecule has 2 aromatic rings. The molecule has 90 valence electrons. The van der Waals surface area contributed by atoms with Crippen molar-refractivity contribution >= 4 is 44.6 Å². The number of rotatable bonds is 2. The Bertz CT molecular complexity index is 640. The number of Topliss-reactive ketones (excluding diaryl/α,β-unsaturated/α-hetero) is 1. The predicted molar refractivity (Wildman–Crippen MR) is 71.8 cm³/mol. The maximum Gasteiger partial charge on any atom is 0.299 e. The Kier molecular flexibility index (Phi) is 2.76. The maximum absolute atomic E-state index is 11.9. The summed E-state index contributed by atoms with van der Waals surface area (Å²) < 4.78 is 0.845. The molecule has 6 heteroatoms. The van der Waals surface area contributed by atoms with E-state index in [9.17, 15) is 9.59 Å². The van der Waals surface area contributed by atoms with Gasteiger partial charge >= 0.3 is 0 Å². The molecule has 0 saturated heterocycles. The molecular formula is C12H7BrN2O2S. The van der Waals surface area contributed by atoms with Gasteiger partial charge in [-0.15, -0.1) is 11.3 Å². The average Bonchev–Trinajstić information content (AvgIpc) is 2.93. The molecule has 1 aliphatic heterocycles. The second-order valence-corrected chi connectivity index (χ2v) is 5.74. The van der Waals surface area contributed by atoms with Gasteiger partial charge in [-0.05, 0) is 18.2 Å². The molecule has 0 spiro atoms. The highest BCUT2D eigenvalue weighted by atomic mass is 79.9. The molecule has 0 aliphatic carbocycles. The third kappa shape index (κ3) is 1.77. The number of ketones is 1. The minimum absolute atomic E-state index is 0.388. The van der Waals surface area contributed by atoms with Crippen LogP contribution in [0.1, 0.15) is 15.2 Å². The van der Waals surface area contributed by atoms with Crippen LogP contribution in [0.5, 0.6) is 0 Å². The van der Waals surface area contributed by atoms with Crippen molar-refractivity contribution in [2.75, 3.05) is 4.90 Å². The average molecular weight is 323 g/mol. The Hall–Kier alpha value is -1.53. The van der Waals surface area contributed by atoms with E-state index in [0.717, 1.165) is 9.35 Å². The lowest BCUT2D eigenvalue weighted by Crippen LogP contribution is -2.28. The Morgan fingerprint density at radius 1 is 1.33 bits per heavy atom. The van der Waals surface area contributed by atoms with Crippen LogP contribution in [0.4, 0.5) is 5.69 Å². The molecule has 0 saturated carbocycles. The lowest BCUT2D eigenvalue weighted by molar-refractivity contribution is -0.114. The van der Waals surface area contributed by atoms with Gasteiger partial charge in [-0.25, -0.2) is 0 Å². The summed E-state index contributed by atoms with van der Waals surface area (Å²) in [6.07, 6.45) is 1.71. The molecule has 2 heterocycles. The first-order valence-corrected chi connectivity index (χ1v) is 6.87. The standard InChI is InChI=1S/C12H7BrN2O2S/c13-7-1-2-9-10(3-7)15(12(17)11(9)16)5-8-4-14-6-18-8/h1-4,6H,5H2. The number of amides is 1. The van der Waals surface area contributed by atoms with Crippen molar-refractivity contribution in [1.82, 2.24) is 4.98 Å². The number of anilines is 1. The Morgan fingerprint density at radius 3 is 2.89 bits per heavy atom. The third-order valence-corrected chi connectivity index (χ3v) is 3.99. The van der Waals surface area contributed by atoms with Gasteiger partial charge < -0.3 is 0 Å². The molecule has 0 bridgehead atoms. The number of nitrogens with zero attached hydrogens (tertiary/aromatic N) is 2. The van der Waals surface area contributed by atoms with E-state index in [-0.39, 0.29) is 0 Å². The monoisotopic (exact) mass is 322 g/mol. The highest BCUT2D eigenvalue weighted by Crippen LogP contribution is 2.33. The molecule has 0 atom stereocenters. The minimum atomic E-state index is -0.475. The normalized spacial score (nSPS) is 14.2. The van der Waals surface area contributed by atoms with Crippen LogP contribution in [0.2, 0.25) is 0 Å². The quantitative estimate of drug-likeness (QED) is 0.799. The number of benzene rings is 1. The van der Waals surface area contributed by atoms with Crippen molar-refractivity contribution in [3.63, 3.8) is 0 Å². The van der Waals surface area contributed by atoms with Crippen LogP contribution in [0.25, 0.3) is 0 Å². The van der Waals surface area contributed by atoms with Crippen LogP contribution in [-0.2, 0) is 11.3 Å². The first kappa shape index (κ1) is 11.6. The summed E-state index contributed by atoms with van der Waals surface area (Å²) in [4.78, 5) is 30.2. The number of halogens is 1. The molecule has 1 aromatic carbocycles. The van der Waals surface area contributed by atoms with Crippen molar-refractivity contribution in [2.45, 2.75) is 6.54 Å². The first-order valence-electron chi connectivity index (χ1n) is 5.20. The highest BCUT2D eigenvalue weighted by molar-refractivity contribution is 9.10. The number of carbonyl (C=O) groups excluding carboxylic acids is 2. The van der Waals surface area contributed by atoms with Crippen molar-refractivity contribution in [3.8, 4) is 0 Å². The lowest BCUT2D eigenvalue weighted by atomic mass is 10.1. The maximum atomic E-state index is 11.9. The van der Waals surface area contributed by atoms with Crippen LogP contribution in [-0.4, -0.2) is 16.7 Å². The van der Waals surface area contributed by atoms with Crippen molar-refractivity contribution < 1.29 is 9.59 Å². The molecule has 0 unspecified atom stereocenters.